The molecule has 2 rings (SSSR count). The van der Waals surface area contributed by atoms with Crippen LogP contribution in [0.2, 0.25) is 0 Å². The van der Waals surface area contributed by atoms with Crippen molar-refractivity contribution in [2.45, 2.75) is 23.4 Å². The number of nitrogens with zero attached hydrogens (tertiary/aromatic N) is 2. The summed E-state index contributed by atoms with van der Waals surface area (Å²) in [6.45, 7) is 4.47. The number of aromatic nitrogens is 2. The summed E-state index contributed by atoms with van der Waals surface area (Å²) in [4.78, 5) is 12.1. The summed E-state index contributed by atoms with van der Waals surface area (Å²) in [5.74, 6) is -0.767. The normalized spacial score (nSPS) is 12.0. The van der Waals surface area contributed by atoms with Gasteiger partial charge in [0.25, 0.3) is 0 Å². The van der Waals surface area contributed by atoms with E-state index in [1.165, 1.54) is 35.2 Å². The maximum atomic E-state index is 13.7. The molecule has 1 aromatic carbocycles. The van der Waals surface area contributed by atoms with Gasteiger partial charge >= 0.3 is 0 Å². The van der Waals surface area contributed by atoms with Gasteiger partial charge in [0, 0.05) is 11.0 Å². The molecule has 0 saturated heterocycles. The molecule has 0 bridgehead atoms. The molecular formula is C13H14BrFN4OS2. The highest BCUT2D eigenvalue weighted by Gasteiger charge is 2.18. The van der Waals surface area contributed by atoms with Crippen molar-refractivity contribution in [1.29, 1.82) is 0 Å². The van der Waals surface area contributed by atoms with Crippen LogP contribution < -0.4 is 10.6 Å². The Balaban J connectivity index is 1.96. The summed E-state index contributed by atoms with van der Waals surface area (Å²) in [5, 5.41) is 13.9. The number of hydrogen-bond donors (Lipinski definition) is 2. The number of nitrogens with one attached hydrogen (secondary N) is 2. The van der Waals surface area contributed by atoms with Gasteiger partial charge < -0.3 is 10.6 Å². The molecule has 9 heteroatoms. The molecule has 0 fully saturated rings. The number of rotatable bonds is 6. The van der Waals surface area contributed by atoms with Crippen LogP contribution in [0.4, 0.5) is 15.2 Å². The van der Waals surface area contributed by atoms with Gasteiger partial charge in [0.1, 0.15) is 5.82 Å². The van der Waals surface area contributed by atoms with Crippen LogP contribution in [-0.2, 0) is 4.79 Å². The number of anilines is 2. The summed E-state index contributed by atoms with van der Waals surface area (Å²) in [5.41, 5.74) is 0.159. The first-order chi connectivity index (χ1) is 10.5. The summed E-state index contributed by atoms with van der Waals surface area (Å²) < 4.78 is 15.0. The second-order valence-electron chi connectivity index (χ2n) is 4.28. The average molecular weight is 405 g/mol. The first-order valence-electron chi connectivity index (χ1n) is 6.49. The minimum atomic E-state index is -0.481. The minimum Gasteiger partial charge on any atom is -0.360 e. The fourth-order valence-electron chi connectivity index (χ4n) is 1.51. The van der Waals surface area contributed by atoms with Crippen LogP contribution in [0.5, 0.6) is 0 Å². The van der Waals surface area contributed by atoms with E-state index in [0.717, 1.165) is 11.7 Å². The number of thioether (sulfide) groups is 1. The van der Waals surface area contributed by atoms with E-state index in [2.05, 4.69) is 36.8 Å². The van der Waals surface area contributed by atoms with Crippen LogP contribution in [0.15, 0.2) is 27.0 Å². The highest BCUT2D eigenvalue weighted by molar-refractivity contribution is 9.10. The molecule has 0 aliphatic carbocycles. The molecule has 0 saturated carbocycles. The van der Waals surface area contributed by atoms with Gasteiger partial charge in [0.05, 0.1) is 10.9 Å². The average Bonchev–Trinajstić information content (AvgIpc) is 2.89. The van der Waals surface area contributed by atoms with Gasteiger partial charge in [-0.1, -0.05) is 39.0 Å². The summed E-state index contributed by atoms with van der Waals surface area (Å²) >= 11 is 5.85. The number of halogens is 2. The van der Waals surface area contributed by atoms with E-state index in [0.29, 0.717) is 8.81 Å². The summed E-state index contributed by atoms with van der Waals surface area (Å²) in [6.07, 6.45) is 0. The van der Waals surface area contributed by atoms with Gasteiger partial charge in [-0.05, 0) is 32.0 Å². The Kier molecular flexibility index (Phi) is 6.16. The van der Waals surface area contributed by atoms with Crippen LogP contribution in [0, 0.1) is 5.82 Å². The second-order valence-corrected chi connectivity index (χ2v) is 7.76. The van der Waals surface area contributed by atoms with E-state index in [4.69, 9.17) is 0 Å². The molecule has 1 atom stereocenters. The van der Waals surface area contributed by atoms with E-state index in [-0.39, 0.29) is 11.6 Å². The Morgan fingerprint density at radius 3 is 2.95 bits per heavy atom. The maximum absolute atomic E-state index is 13.7. The van der Waals surface area contributed by atoms with Crippen molar-refractivity contribution in [3.05, 3.63) is 28.5 Å². The molecular weight excluding hydrogens is 391 g/mol. The van der Waals surface area contributed by atoms with E-state index >= 15 is 0 Å². The van der Waals surface area contributed by atoms with Crippen molar-refractivity contribution in [3.63, 3.8) is 0 Å². The van der Waals surface area contributed by atoms with Crippen LogP contribution in [0.1, 0.15) is 13.8 Å². The van der Waals surface area contributed by atoms with E-state index < -0.39 is 11.1 Å². The van der Waals surface area contributed by atoms with Crippen molar-refractivity contribution in [1.82, 2.24) is 10.2 Å². The van der Waals surface area contributed by atoms with Crippen molar-refractivity contribution in [2.75, 3.05) is 17.2 Å². The van der Waals surface area contributed by atoms with Gasteiger partial charge in [0.2, 0.25) is 11.0 Å². The van der Waals surface area contributed by atoms with E-state index in [1.54, 1.807) is 13.0 Å². The lowest BCUT2D eigenvalue weighted by molar-refractivity contribution is -0.115. The summed E-state index contributed by atoms with van der Waals surface area (Å²) in [6, 6.07) is 4.49. The molecule has 22 heavy (non-hydrogen) atoms. The monoisotopic (exact) mass is 404 g/mol. The Labute approximate surface area is 144 Å². The predicted molar refractivity (Wildman–Crippen MR) is 92.1 cm³/mol. The van der Waals surface area contributed by atoms with Crippen molar-refractivity contribution >= 4 is 55.8 Å². The molecule has 2 N–H and O–H groups in total. The topological polar surface area (TPSA) is 66.9 Å². The standard InChI is InChI=1S/C13H14BrFN4OS2/c1-3-16-12-18-19-13(22-12)21-7(2)11(20)17-10-5-4-8(14)6-9(10)15/h4-7H,3H2,1-2H3,(H,16,18)(H,17,20)/t7-/m1/s1. The lowest BCUT2D eigenvalue weighted by atomic mass is 10.3. The van der Waals surface area contributed by atoms with Crippen LogP contribution in [0.3, 0.4) is 0 Å². The Hall–Kier alpha value is -1.19. The third-order valence-corrected chi connectivity index (χ3v) is 5.13. The molecule has 0 unspecified atom stereocenters. The van der Waals surface area contributed by atoms with Crippen molar-refractivity contribution < 1.29 is 9.18 Å². The molecule has 118 valence electrons. The fourth-order valence-corrected chi connectivity index (χ4v) is 3.81. The SMILES string of the molecule is CCNc1nnc(S[C@H](C)C(=O)Nc2ccc(Br)cc2F)s1. The molecule has 0 spiro atoms. The Bertz CT molecular complexity index is 667. The van der Waals surface area contributed by atoms with Crippen LogP contribution >= 0.6 is 39.0 Å². The fraction of sp³-hybridized carbons (Fsp3) is 0.308. The second kappa shape index (κ2) is 7.89. The molecule has 1 heterocycles. The van der Waals surface area contributed by atoms with Crippen molar-refractivity contribution in [3.8, 4) is 0 Å². The predicted octanol–water partition coefficient (Wildman–Crippen LogP) is 3.99. The highest BCUT2D eigenvalue weighted by Crippen LogP contribution is 2.29. The van der Waals surface area contributed by atoms with E-state index in [1.807, 2.05) is 6.92 Å². The molecule has 0 radical (unpaired) electrons. The lowest BCUT2D eigenvalue weighted by Crippen LogP contribution is -2.22. The third-order valence-electron chi connectivity index (χ3n) is 2.57. The lowest BCUT2D eigenvalue weighted by Gasteiger charge is -2.11. The van der Waals surface area contributed by atoms with Gasteiger partial charge in [0.15, 0.2) is 4.34 Å². The quantitative estimate of drug-likeness (QED) is 0.712. The summed E-state index contributed by atoms with van der Waals surface area (Å²) in [7, 11) is 0. The number of benzene rings is 1. The first kappa shape index (κ1) is 17.2. The minimum absolute atomic E-state index is 0.159. The molecule has 0 aliphatic heterocycles. The van der Waals surface area contributed by atoms with E-state index in [9.17, 15) is 9.18 Å². The zero-order valence-electron chi connectivity index (χ0n) is 11.9. The largest absolute Gasteiger partial charge is 0.360 e. The molecule has 1 aromatic heterocycles. The number of carbonyl (C=O) groups is 1. The first-order valence-corrected chi connectivity index (χ1v) is 8.98. The van der Waals surface area contributed by atoms with Crippen molar-refractivity contribution in [2.24, 2.45) is 0 Å². The van der Waals surface area contributed by atoms with Gasteiger partial charge in [-0.25, -0.2) is 4.39 Å². The van der Waals surface area contributed by atoms with Gasteiger partial charge in [-0.2, -0.15) is 0 Å². The third kappa shape index (κ3) is 4.65. The molecule has 2 aromatic rings. The maximum Gasteiger partial charge on any atom is 0.237 e. The Morgan fingerprint density at radius 1 is 1.50 bits per heavy atom. The van der Waals surface area contributed by atoms with Gasteiger partial charge in [-0.3, -0.25) is 4.79 Å². The molecule has 1 amide bonds. The number of hydrogen-bond acceptors (Lipinski definition) is 6. The number of carbonyl (C=O) groups excluding carboxylic acids is 1. The zero-order valence-corrected chi connectivity index (χ0v) is 15.1. The molecule has 0 aliphatic rings. The van der Waals surface area contributed by atoms with Crippen LogP contribution in [-0.4, -0.2) is 27.9 Å². The van der Waals surface area contributed by atoms with Crippen LogP contribution in [0.25, 0.3) is 0 Å². The zero-order chi connectivity index (χ0) is 16.1. The highest BCUT2D eigenvalue weighted by atomic mass is 79.9. The Morgan fingerprint density at radius 2 is 2.27 bits per heavy atom. The van der Waals surface area contributed by atoms with Gasteiger partial charge in [-0.15, -0.1) is 10.2 Å². The molecule has 5 nitrogen and oxygen atoms in total. The smallest absolute Gasteiger partial charge is 0.237 e. The number of amides is 1.